The molecule has 4 rings (SSSR count). The summed E-state index contributed by atoms with van der Waals surface area (Å²) < 4.78 is 7.37. The number of piperidine rings is 1. The molecule has 0 spiro atoms. The average molecular weight is 365 g/mol. The van der Waals surface area contributed by atoms with Crippen molar-refractivity contribution in [1.82, 2.24) is 24.8 Å². The summed E-state index contributed by atoms with van der Waals surface area (Å²) in [6, 6.07) is 3.44. The van der Waals surface area contributed by atoms with Gasteiger partial charge in [0.2, 0.25) is 0 Å². The fourth-order valence-corrected chi connectivity index (χ4v) is 3.71. The number of pyridine rings is 1. The maximum absolute atomic E-state index is 13.1. The highest BCUT2D eigenvalue weighted by Crippen LogP contribution is 2.38. The number of carbonyl (C=O) groups excluding carboxylic acids is 1. The van der Waals surface area contributed by atoms with Crippen molar-refractivity contribution in [2.24, 2.45) is 7.05 Å². The van der Waals surface area contributed by atoms with Crippen LogP contribution in [-0.4, -0.2) is 37.3 Å². The van der Waals surface area contributed by atoms with Crippen molar-refractivity contribution >= 4 is 5.91 Å². The van der Waals surface area contributed by atoms with E-state index in [1.807, 2.05) is 32.0 Å². The van der Waals surface area contributed by atoms with Gasteiger partial charge in [-0.3, -0.25) is 14.5 Å². The first-order chi connectivity index (χ1) is 13.1. The van der Waals surface area contributed by atoms with E-state index in [2.05, 4.69) is 10.1 Å². The fraction of sp³-hybridized carbons (Fsp3) is 0.400. The van der Waals surface area contributed by atoms with Gasteiger partial charge in [-0.1, -0.05) is 5.16 Å². The highest BCUT2D eigenvalue weighted by atomic mass is 16.5. The molecule has 0 bridgehead atoms. The Hall–Kier alpha value is -2.96. The Morgan fingerprint density at radius 1 is 1.22 bits per heavy atom. The zero-order valence-electron chi connectivity index (χ0n) is 15.8. The van der Waals surface area contributed by atoms with E-state index in [0.717, 1.165) is 54.1 Å². The third-order valence-corrected chi connectivity index (χ3v) is 5.27. The predicted molar refractivity (Wildman–Crippen MR) is 100 cm³/mol. The summed E-state index contributed by atoms with van der Waals surface area (Å²) in [4.78, 5) is 19.1. The zero-order chi connectivity index (χ0) is 19.0. The third kappa shape index (κ3) is 3.13. The normalized spacial score (nSPS) is 17.3. The molecule has 0 N–H and O–H groups in total. The molecule has 1 atom stereocenters. The minimum absolute atomic E-state index is 0.0178. The summed E-state index contributed by atoms with van der Waals surface area (Å²) in [6.45, 7) is 4.65. The van der Waals surface area contributed by atoms with Crippen molar-refractivity contribution in [2.45, 2.75) is 39.2 Å². The molecule has 1 fully saturated rings. The number of amides is 1. The second-order valence-electron chi connectivity index (χ2n) is 7.07. The Bertz CT molecular complexity index is 960. The van der Waals surface area contributed by atoms with Crippen LogP contribution in [0.2, 0.25) is 0 Å². The molecule has 0 aliphatic carbocycles. The lowest BCUT2D eigenvalue weighted by atomic mass is 9.95. The van der Waals surface area contributed by atoms with Crippen LogP contribution in [0.3, 0.4) is 0 Å². The molecule has 0 saturated carbocycles. The molecule has 0 aromatic carbocycles. The Kier molecular flexibility index (Phi) is 4.51. The van der Waals surface area contributed by atoms with Gasteiger partial charge in [0.05, 0.1) is 23.0 Å². The summed E-state index contributed by atoms with van der Waals surface area (Å²) in [5.41, 5.74) is 4.31. The summed E-state index contributed by atoms with van der Waals surface area (Å²) in [7, 11) is 1.89. The number of hydrogen-bond donors (Lipinski definition) is 0. The molecule has 0 radical (unpaired) electrons. The SMILES string of the molecule is Cc1noc(-c2cn(C)nc2C2CCCCN2C(=O)c2ccncc2)c1C. The lowest BCUT2D eigenvalue weighted by molar-refractivity contribution is 0.0605. The first-order valence-corrected chi connectivity index (χ1v) is 9.24. The van der Waals surface area contributed by atoms with Crippen LogP contribution in [0.4, 0.5) is 0 Å². The zero-order valence-corrected chi connectivity index (χ0v) is 15.8. The summed E-state index contributed by atoms with van der Waals surface area (Å²) >= 11 is 0. The fourth-order valence-electron chi connectivity index (χ4n) is 3.71. The van der Waals surface area contributed by atoms with E-state index in [-0.39, 0.29) is 11.9 Å². The Labute approximate surface area is 158 Å². The Balaban J connectivity index is 1.75. The molecule has 1 aliphatic rings. The second kappa shape index (κ2) is 6.98. The van der Waals surface area contributed by atoms with E-state index in [1.54, 1.807) is 29.2 Å². The van der Waals surface area contributed by atoms with Crippen LogP contribution in [-0.2, 0) is 7.05 Å². The molecule has 1 unspecified atom stereocenters. The van der Waals surface area contributed by atoms with Crippen LogP contribution in [0.15, 0.2) is 35.2 Å². The van der Waals surface area contributed by atoms with Crippen LogP contribution in [0.5, 0.6) is 0 Å². The minimum Gasteiger partial charge on any atom is -0.356 e. The predicted octanol–water partition coefficient (Wildman–Crippen LogP) is 3.45. The van der Waals surface area contributed by atoms with Crippen LogP contribution < -0.4 is 0 Å². The molecular weight excluding hydrogens is 342 g/mol. The number of nitrogens with zero attached hydrogens (tertiary/aromatic N) is 5. The first kappa shape index (κ1) is 17.5. The molecule has 1 amide bonds. The van der Waals surface area contributed by atoms with E-state index >= 15 is 0 Å². The molecule has 3 aromatic heterocycles. The number of carbonyl (C=O) groups is 1. The van der Waals surface area contributed by atoms with E-state index < -0.39 is 0 Å². The molecular formula is C20H23N5O2. The van der Waals surface area contributed by atoms with E-state index in [9.17, 15) is 4.79 Å². The van der Waals surface area contributed by atoms with Gasteiger partial charge in [-0.15, -0.1) is 0 Å². The average Bonchev–Trinajstić information content (AvgIpc) is 3.24. The van der Waals surface area contributed by atoms with Crippen LogP contribution in [0.25, 0.3) is 11.3 Å². The summed E-state index contributed by atoms with van der Waals surface area (Å²) in [5.74, 6) is 0.752. The molecule has 7 nitrogen and oxygen atoms in total. The highest BCUT2D eigenvalue weighted by Gasteiger charge is 2.33. The van der Waals surface area contributed by atoms with Crippen molar-refractivity contribution < 1.29 is 9.32 Å². The maximum Gasteiger partial charge on any atom is 0.254 e. The molecule has 1 aliphatic heterocycles. The van der Waals surface area contributed by atoms with Crippen molar-refractivity contribution in [2.75, 3.05) is 6.54 Å². The third-order valence-electron chi connectivity index (χ3n) is 5.27. The molecule has 27 heavy (non-hydrogen) atoms. The molecule has 4 heterocycles. The molecule has 1 saturated heterocycles. The quantitative estimate of drug-likeness (QED) is 0.710. The number of aryl methyl sites for hydroxylation is 2. The topological polar surface area (TPSA) is 77.0 Å². The van der Waals surface area contributed by atoms with Crippen LogP contribution in [0.1, 0.15) is 52.6 Å². The first-order valence-electron chi connectivity index (χ1n) is 9.24. The largest absolute Gasteiger partial charge is 0.356 e. The van der Waals surface area contributed by atoms with Gasteiger partial charge in [-0.25, -0.2) is 0 Å². The number of hydrogen-bond acceptors (Lipinski definition) is 5. The Morgan fingerprint density at radius 3 is 2.70 bits per heavy atom. The van der Waals surface area contributed by atoms with Gasteiger partial charge >= 0.3 is 0 Å². The Morgan fingerprint density at radius 2 is 2.00 bits per heavy atom. The van der Waals surface area contributed by atoms with Gasteiger partial charge < -0.3 is 9.42 Å². The van der Waals surface area contributed by atoms with Crippen molar-refractivity contribution in [1.29, 1.82) is 0 Å². The van der Waals surface area contributed by atoms with Gasteiger partial charge in [-0.2, -0.15) is 5.10 Å². The summed E-state index contributed by atoms with van der Waals surface area (Å²) in [5, 5.41) is 8.80. The molecule has 3 aromatic rings. The molecule has 7 heteroatoms. The van der Waals surface area contributed by atoms with Crippen molar-refractivity contribution in [3.8, 4) is 11.3 Å². The van der Waals surface area contributed by atoms with Crippen molar-refractivity contribution in [3.05, 3.63) is 53.2 Å². The van der Waals surface area contributed by atoms with Crippen LogP contribution in [0, 0.1) is 13.8 Å². The van der Waals surface area contributed by atoms with Crippen LogP contribution >= 0.6 is 0 Å². The van der Waals surface area contributed by atoms with E-state index in [0.29, 0.717) is 5.56 Å². The summed E-state index contributed by atoms with van der Waals surface area (Å²) in [6.07, 6.45) is 8.20. The van der Waals surface area contributed by atoms with E-state index in [4.69, 9.17) is 9.62 Å². The lowest BCUT2D eigenvalue weighted by Crippen LogP contribution is -2.39. The number of aromatic nitrogens is 4. The lowest BCUT2D eigenvalue weighted by Gasteiger charge is -2.35. The maximum atomic E-state index is 13.1. The minimum atomic E-state index is -0.0829. The van der Waals surface area contributed by atoms with Crippen molar-refractivity contribution in [3.63, 3.8) is 0 Å². The standard InChI is InChI=1S/C20H23N5O2/c1-13-14(2)23-27-19(13)16-12-24(3)22-18(16)17-6-4-5-11-25(17)20(26)15-7-9-21-10-8-15/h7-10,12,17H,4-6,11H2,1-3H3. The highest BCUT2D eigenvalue weighted by molar-refractivity contribution is 5.94. The number of rotatable bonds is 3. The van der Waals surface area contributed by atoms with Gasteiger partial charge in [0.25, 0.3) is 5.91 Å². The van der Waals surface area contributed by atoms with Gasteiger partial charge in [0, 0.05) is 43.3 Å². The molecule has 140 valence electrons. The number of likely N-dealkylation sites (tertiary alicyclic amines) is 1. The van der Waals surface area contributed by atoms with Gasteiger partial charge in [-0.05, 0) is 45.2 Å². The monoisotopic (exact) mass is 365 g/mol. The second-order valence-corrected chi connectivity index (χ2v) is 7.07. The van der Waals surface area contributed by atoms with E-state index in [1.165, 1.54) is 0 Å². The van der Waals surface area contributed by atoms with Gasteiger partial charge in [0.15, 0.2) is 5.76 Å². The van der Waals surface area contributed by atoms with Gasteiger partial charge in [0.1, 0.15) is 0 Å². The smallest absolute Gasteiger partial charge is 0.254 e.